The average molecular weight is 427 g/mol. The lowest BCUT2D eigenvalue weighted by atomic mass is 9.98. The maximum atomic E-state index is 10.4. The number of ether oxygens (including phenoxy) is 1. The zero-order valence-electron chi connectivity index (χ0n) is 15.7. The first kappa shape index (κ1) is 19.6. The van der Waals surface area contributed by atoms with Crippen molar-refractivity contribution in [2.45, 2.75) is 12.2 Å². The van der Waals surface area contributed by atoms with Crippen LogP contribution < -0.4 is 15.4 Å². The molecule has 4 rings (SSSR count). The van der Waals surface area contributed by atoms with E-state index in [1.165, 1.54) is 0 Å². The van der Waals surface area contributed by atoms with Gasteiger partial charge in [0.2, 0.25) is 0 Å². The van der Waals surface area contributed by atoms with Gasteiger partial charge in [-0.25, -0.2) is 0 Å². The lowest BCUT2D eigenvalue weighted by molar-refractivity contribution is 0.414. The lowest BCUT2D eigenvalue weighted by Gasteiger charge is -2.33. The van der Waals surface area contributed by atoms with Gasteiger partial charge < -0.3 is 15.2 Å². The van der Waals surface area contributed by atoms with Crippen molar-refractivity contribution in [1.82, 2.24) is 10.6 Å². The lowest BCUT2D eigenvalue weighted by Crippen LogP contribution is -2.39. The molecule has 1 aliphatic rings. The van der Waals surface area contributed by atoms with Crippen LogP contribution in [0.25, 0.3) is 5.70 Å². The molecule has 1 heterocycles. The predicted molar refractivity (Wildman–Crippen MR) is 117 cm³/mol. The van der Waals surface area contributed by atoms with Crippen LogP contribution in [0.2, 0.25) is 10.0 Å². The molecule has 0 aromatic heterocycles. The molecule has 0 amide bonds. The van der Waals surface area contributed by atoms with E-state index < -0.39 is 0 Å². The highest BCUT2D eigenvalue weighted by molar-refractivity contribution is 6.31. The third-order valence-electron chi connectivity index (χ3n) is 4.92. The monoisotopic (exact) mass is 426 g/mol. The van der Waals surface area contributed by atoms with Gasteiger partial charge in [0.1, 0.15) is 17.7 Å². The van der Waals surface area contributed by atoms with Crippen molar-refractivity contribution in [3.63, 3.8) is 0 Å². The van der Waals surface area contributed by atoms with Gasteiger partial charge in [0, 0.05) is 26.9 Å². The zero-order chi connectivity index (χ0) is 20.4. The van der Waals surface area contributed by atoms with Crippen molar-refractivity contribution in [1.29, 1.82) is 0 Å². The molecule has 0 radical (unpaired) electrons. The van der Waals surface area contributed by atoms with Gasteiger partial charge in [0.15, 0.2) is 0 Å². The summed E-state index contributed by atoms with van der Waals surface area (Å²) in [6.07, 6.45) is 1.77. The molecule has 3 aromatic rings. The second-order valence-electron chi connectivity index (χ2n) is 6.76. The normalized spacial score (nSPS) is 18.7. The van der Waals surface area contributed by atoms with Crippen LogP contribution >= 0.6 is 23.2 Å². The summed E-state index contributed by atoms with van der Waals surface area (Å²) in [6, 6.07) is 20.2. The number of halogens is 2. The molecule has 1 aliphatic heterocycles. The molecule has 148 valence electrons. The minimum Gasteiger partial charge on any atom is -0.508 e. The second-order valence-corrected chi connectivity index (χ2v) is 7.60. The fourth-order valence-corrected chi connectivity index (χ4v) is 3.85. The van der Waals surface area contributed by atoms with E-state index in [9.17, 15) is 5.11 Å². The van der Waals surface area contributed by atoms with E-state index in [1.54, 1.807) is 25.3 Å². The van der Waals surface area contributed by atoms with Crippen molar-refractivity contribution in [2.75, 3.05) is 7.11 Å². The average Bonchev–Trinajstić information content (AvgIpc) is 2.75. The Morgan fingerprint density at radius 3 is 2.41 bits per heavy atom. The highest BCUT2D eigenvalue weighted by Gasteiger charge is 2.27. The van der Waals surface area contributed by atoms with E-state index >= 15 is 0 Å². The molecule has 3 aromatic carbocycles. The number of methoxy groups -OCH3 is 1. The Morgan fingerprint density at radius 1 is 0.931 bits per heavy atom. The summed E-state index contributed by atoms with van der Waals surface area (Å²) in [7, 11) is 1.64. The number of nitrogens with one attached hydrogen (secondary N) is 2. The quantitative estimate of drug-likeness (QED) is 0.502. The summed E-state index contributed by atoms with van der Waals surface area (Å²) in [5.74, 6) is 0.965. The minimum absolute atomic E-state index is 0.178. The molecular weight excluding hydrogens is 407 g/mol. The Morgan fingerprint density at radius 2 is 1.69 bits per heavy atom. The number of phenolic OH excluding ortho intramolecular Hbond substituents is 1. The first-order valence-electron chi connectivity index (χ1n) is 9.17. The standard InChI is InChI=1S/C23H20Cl2N2O2/c1-29-16-9-6-14(7-10-16)20-13-21(18-12-15(24)8-11-22(18)28)27-23(26-20)17-4-2-3-5-19(17)25/h2-13,21,23,26-28H,1H3. The van der Waals surface area contributed by atoms with Gasteiger partial charge in [-0.15, -0.1) is 0 Å². The van der Waals surface area contributed by atoms with Crippen LogP contribution in [0.5, 0.6) is 11.5 Å². The number of phenols is 1. The highest BCUT2D eigenvalue weighted by atomic mass is 35.5. The van der Waals surface area contributed by atoms with Gasteiger partial charge >= 0.3 is 0 Å². The largest absolute Gasteiger partial charge is 0.508 e. The fraction of sp³-hybridized carbons (Fsp3) is 0.130. The molecule has 0 aliphatic carbocycles. The minimum atomic E-state index is -0.270. The van der Waals surface area contributed by atoms with Gasteiger partial charge in [0.05, 0.1) is 13.2 Å². The fourth-order valence-electron chi connectivity index (χ4n) is 3.42. The molecule has 0 bridgehead atoms. The topological polar surface area (TPSA) is 53.5 Å². The van der Waals surface area contributed by atoms with Crippen LogP contribution in [0.1, 0.15) is 28.9 Å². The van der Waals surface area contributed by atoms with Gasteiger partial charge in [-0.1, -0.05) is 41.4 Å². The molecule has 0 saturated carbocycles. The van der Waals surface area contributed by atoms with E-state index in [1.807, 2.05) is 54.6 Å². The van der Waals surface area contributed by atoms with Crippen LogP contribution in [0.4, 0.5) is 0 Å². The molecule has 0 fully saturated rings. The maximum Gasteiger partial charge on any atom is 0.120 e. The van der Waals surface area contributed by atoms with Gasteiger partial charge in [-0.2, -0.15) is 0 Å². The maximum absolute atomic E-state index is 10.4. The van der Waals surface area contributed by atoms with Gasteiger partial charge in [-0.3, -0.25) is 5.32 Å². The van der Waals surface area contributed by atoms with E-state index in [0.717, 1.165) is 22.6 Å². The molecule has 0 spiro atoms. The molecule has 4 nitrogen and oxygen atoms in total. The van der Waals surface area contributed by atoms with E-state index in [4.69, 9.17) is 27.9 Å². The number of hydrogen-bond donors (Lipinski definition) is 3. The van der Waals surface area contributed by atoms with Crippen LogP contribution in [-0.2, 0) is 0 Å². The SMILES string of the molecule is COc1ccc(C2=CC(c3cc(Cl)ccc3O)NC(c3ccccc3Cl)N2)cc1. The predicted octanol–water partition coefficient (Wildman–Crippen LogP) is 5.68. The summed E-state index contributed by atoms with van der Waals surface area (Å²) in [5.41, 5.74) is 3.53. The van der Waals surface area contributed by atoms with Crippen molar-refractivity contribution >= 4 is 28.9 Å². The Kier molecular flexibility index (Phi) is 5.67. The number of aromatic hydroxyl groups is 1. The highest BCUT2D eigenvalue weighted by Crippen LogP contribution is 2.36. The van der Waals surface area contributed by atoms with Crippen LogP contribution in [0, 0.1) is 0 Å². The van der Waals surface area contributed by atoms with E-state index in [0.29, 0.717) is 15.6 Å². The molecular formula is C23H20Cl2N2O2. The molecule has 29 heavy (non-hydrogen) atoms. The first-order valence-corrected chi connectivity index (χ1v) is 9.92. The molecule has 2 unspecified atom stereocenters. The Bertz CT molecular complexity index is 1050. The van der Waals surface area contributed by atoms with E-state index in [-0.39, 0.29) is 18.0 Å². The second kappa shape index (κ2) is 8.37. The third-order valence-corrected chi connectivity index (χ3v) is 5.50. The molecule has 3 N–H and O–H groups in total. The van der Waals surface area contributed by atoms with E-state index in [2.05, 4.69) is 10.6 Å². The molecule has 0 saturated heterocycles. The molecule has 6 heteroatoms. The zero-order valence-corrected chi connectivity index (χ0v) is 17.2. The number of rotatable bonds is 4. The van der Waals surface area contributed by atoms with Crippen molar-refractivity contribution < 1.29 is 9.84 Å². The Labute approximate surface area is 179 Å². The van der Waals surface area contributed by atoms with Crippen molar-refractivity contribution in [3.8, 4) is 11.5 Å². The van der Waals surface area contributed by atoms with Crippen LogP contribution in [0.15, 0.2) is 72.8 Å². The first-order chi connectivity index (χ1) is 14.0. The van der Waals surface area contributed by atoms with Crippen molar-refractivity contribution in [3.05, 3.63) is 99.5 Å². The Hall–Kier alpha value is -2.66. The van der Waals surface area contributed by atoms with Crippen LogP contribution in [0.3, 0.4) is 0 Å². The van der Waals surface area contributed by atoms with Crippen LogP contribution in [-0.4, -0.2) is 12.2 Å². The summed E-state index contributed by atoms with van der Waals surface area (Å²) in [4.78, 5) is 0. The summed E-state index contributed by atoms with van der Waals surface area (Å²) >= 11 is 12.6. The Balaban J connectivity index is 1.78. The third kappa shape index (κ3) is 4.20. The van der Waals surface area contributed by atoms with Crippen molar-refractivity contribution in [2.24, 2.45) is 0 Å². The van der Waals surface area contributed by atoms with Gasteiger partial charge in [-0.05, 0) is 60.2 Å². The number of benzene rings is 3. The number of hydrogen-bond acceptors (Lipinski definition) is 4. The summed E-state index contributed by atoms with van der Waals surface area (Å²) < 4.78 is 5.26. The summed E-state index contributed by atoms with van der Waals surface area (Å²) in [5, 5.41) is 18.7. The smallest absolute Gasteiger partial charge is 0.120 e. The summed E-state index contributed by atoms with van der Waals surface area (Å²) in [6.45, 7) is 0. The van der Waals surface area contributed by atoms with Gasteiger partial charge in [0.25, 0.3) is 0 Å². The molecule has 2 atom stereocenters.